The van der Waals surface area contributed by atoms with Crippen LogP contribution in [0.2, 0.25) is 5.02 Å². The summed E-state index contributed by atoms with van der Waals surface area (Å²) in [5.41, 5.74) is 0.687. The lowest BCUT2D eigenvalue weighted by atomic mass is 10.2. The Labute approximate surface area is 179 Å². The fraction of sp³-hybridized carbons (Fsp3) is 0.316. The molecule has 6 nitrogen and oxygen atoms in total. The van der Waals surface area contributed by atoms with Crippen LogP contribution in [0.25, 0.3) is 0 Å². The molecule has 0 radical (unpaired) electrons. The van der Waals surface area contributed by atoms with Crippen molar-refractivity contribution >= 4 is 49.1 Å². The second-order valence-corrected chi connectivity index (χ2v) is 10.1. The second-order valence-electron chi connectivity index (χ2n) is 6.74. The van der Waals surface area contributed by atoms with Gasteiger partial charge in [0.05, 0.1) is 16.5 Å². The van der Waals surface area contributed by atoms with Crippen LogP contribution in [0.4, 0.5) is 5.69 Å². The van der Waals surface area contributed by atoms with E-state index in [2.05, 4.69) is 21.2 Å². The number of rotatable bonds is 7. The number of ether oxygens (including phenoxy) is 1. The minimum atomic E-state index is -3.69. The molecule has 2 aromatic carbocycles. The molecule has 1 amide bonds. The summed E-state index contributed by atoms with van der Waals surface area (Å²) in [6.45, 7) is 4.60. The van der Waals surface area contributed by atoms with E-state index in [-0.39, 0.29) is 10.5 Å². The first-order chi connectivity index (χ1) is 13.0. The summed E-state index contributed by atoms with van der Waals surface area (Å²) < 4.78 is 31.9. The molecule has 0 aliphatic carbocycles. The molecule has 152 valence electrons. The van der Waals surface area contributed by atoms with E-state index in [9.17, 15) is 13.2 Å². The molecule has 0 aromatic heterocycles. The van der Waals surface area contributed by atoms with E-state index in [1.54, 1.807) is 18.2 Å². The van der Waals surface area contributed by atoms with E-state index < -0.39 is 15.9 Å². The third-order valence-corrected chi connectivity index (χ3v) is 6.82. The van der Waals surface area contributed by atoms with Crippen molar-refractivity contribution < 1.29 is 17.9 Å². The van der Waals surface area contributed by atoms with Crippen LogP contribution in [0.15, 0.2) is 45.8 Å². The number of amides is 1. The first-order valence-electron chi connectivity index (χ1n) is 8.48. The van der Waals surface area contributed by atoms with Crippen LogP contribution in [0, 0.1) is 5.92 Å². The largest absolute Gasteiger partial charge is 0.492 e. The molecule has 0 spiro atoms. The van der Waals surface area contributed by atoms with Gasteiger partial charge in [-0.3, -0.25) is 4.79 Å². The maximum Gasteiger partial charge on any atom is 0.255 e. The van der Waals surface area contributed by atoms with Gasteiger partial charge in [-0.1, -0.05) is 25.4 Å². The van der Waals surface area contributed by atoms with E-state index in [0.717, 1.165) is 4.31 Å². The van der Waals surface area contributed by atoms with Crippen LogP contribution in [0.3, 0.4) is 0 Å². The highest BCUT2D eigenvalue weighted by molar-refractivity contribution is 9.10. The summed E-state index contributed by atoms with van der Waals surface area (Å²) in [6.07, 6.45) is 0. The molecule has 0 atom stereocenters. The van der Waals surface area contributed by atoms with Crippen molar-refractivity contribution in [3.05, 3.63) is 51.5 Å². The van der Waals surface area contributed by atoms with Crippen LogP contribution >= 0.6 is 27.5 Å². The molecule has 0 saturated carbocycles. The Kier molecular flexibility index (Phi) is 7.50. The zero-order valence-electron chi connectivity index (χ0n) is 16.0. The van der Waals surface area contributed by atoms with Crippen molar-refractivity contribution in [2.75, 3.05) is 26.0 Å². The van der Waals surface area contributed by atoms with Crippen LogP contribution in [0.1, 0.15) is 24.2 Å². The molecule has 0 unspecified atom stereocenters. The van der Waals surface area contributed by atoms with Crippen molar-refractivity contribution in [1.82, 2.24) is 4.31 Å². The Balaban J connectivity index is 2.23. The number of nitrogens with zero attached hydrogens (tertiary/aromatic N) is 1. The quantitative estimate of drug-likeness (QED) is 0.615. The molecule has 0 aliphatic rings. The predicted octanol–water partition coefficient (Wildman–Crippen LogP) is 4.64. The maximum atomic E-state index is 12.6. The topological polar surface area (TPSA) is 75.7 Å². The third-order valence-electron chi connectivity index (χ3n) is 3.71. The molecular formula is C19H22BrClN2O4S. The normalized spacial score (nSPS) is 11.7. The molecule has 0 aliphatic heterocycles. The van der Waals surface area contributed by atoms with Gasteiger partial charge < -0.3 is 10.1 Å². The zero-order valence-corrected chi connectivity index (χ0v) is 19.2. The van der Waals surface area contributed by atoms with Crippen molar-refractivity contribution in [2.45, 2.75) is 18.7 Å². The molecule has 9 heteroatoms. The van der Waals surface area contributed by atoms with Gasteiger partial charge in [0.1, 0.15) is 5.75 Å². The van der Waals surface area contributed by atoms with Crippen LogP contribution in [0.5, 0.6) is 5.75 Å². The number of carbonyl (C=O) groups excluding carboxylic acids is 1. The third kappa shape index (κ3) is 5.47. The Hall–Kier alpha value is -1.61. The minimum absolute atomic E-state index is 0.0145. The number of carbonyl (C=O) groups is 1. The highest BCUT2D eigenvalue weighted by Gasteiger charge is 2.22. The molecule has 28 heavy (non-hydrogen) atoms. The lowest BCUT2D eigenvalue weighted by molar-refractivity contribution is 0.102. The van der Waals surface area contributed by atoms with Gasteiger partial charge in [0, 0.05) is 29.8 Å². The first-order valence-corrected chi connectivity index (χ1v) is 11.1. The fourth-order valence-corrected chi connectivity index (χ4v) is 4.27. The number of hydrogen-bond acceptors (Lipinski definition) is 4. The van der Waals surface area contributed by atoms with Gasteiger partial charge in [-0.15, -0.1) is 0 Å². The van der Waals surface area contributed by atoms with Crippen LogP contribution in [-0.2, 0) is 10.0 Å². The van der Waals surface area contributed by atoms with Gasteiger partial charge in [-0.25, -0.2) is 12.7 Å². The van der Waals surface area contributed by atoms with Gasteiger partial charge in [-0.2, -0.15) is 0 Å². The summed E-state index contributed by atoms with van der Waals surface area (Å²) in [7, 11) is -0.833. The summed E-state index contributed by atoms with van der Waals surface area (Å²) in [5.74, 6) is 0.450. The molecule has 0 bridgehead atoms. The highest BCUT2D eigenvalue weighted by Crippen LogP contribution is 2.29. The highest BCUT2D eigenvalue weighted by atomic mass is 79.9. The Morgan fingerprint density at radius 2 is 1.89 bits per heavy atom. The number of hydrogen-bond donors (Lipinski definition) is 1. The van der Waals surface area contributed by atoms with Crippen molar-refractivity contribution in [3.8, 4) is 5.75 Å². The minimum Gasteiger partial charge on any atom is -0.492 e. The Morgan fingerprint density at radius 3 is 2.46 bits per heavy atom. The van der Waals surface area contributed by atoms with E-state index in [0.29, 0.717) is 33.5 Å². The van der Waals surface area contributed by atoms with Crippen LogP contribution < -0.4 is 10.1 Å². The SMILES string of the molecule is CC(C)COc1ccc(NC(=O)c2ccc(Br)c(S(=O)(=O)N(C)C)c2)cc1Cl. The van der Waals surface area contributed by atoms with E-state index in [1.165, 1.54) is 32.3 Å². The second kappa shape index (κ2) is 9.26. The van der Waals surface area contributed by atoms with E-state index in [4.69, 9.17) is 16.3 Å². The molecule has 2 aromatic rings. The van der Waals surface area contributed by atoms with Crippen molar-refractivity contribution in [2.24, 2.45) is 5.92 Å². The number of nitrogens with one attached hydrogen (secondary N) is 1. The molecule has 0 saturated heterocycles. The fourth-order valence-electron chi connectivity index (χ4n) is 2.19. The van der Waals surface area contributed by atoms with Gasteiger partial charge in [0.25, 0.3) is 5.91 Å². The van der Waals surface area contributed by atoms with Crippen molar-refractivity contribution in [1.29, 1.82) is 0 Å². The number of sulfonamides is 1. The van der Waals surface area contributed by atoms with E-state index in [1.807, 2.05) is 13.8 Å². The average Bonchev–Trinajstić information content (AvgIpc) is 2.60. The lowest BCUT2D eigenvalue weighted by Gasteiger charge is -2.14. The van der Waals surface area contributed by atoms with Gasteiger partial charge in [0.2, 0.25) is 10.0 Å². The van der Waals surface area contributed by atoms with Gasteiger partial charge in [0.15, 0.2) is 0 Å². The summed E-state index contributed by atoms with van der Waals surface area (Å²) in [5, 5.41) is 3.10. The lowest BCUT2D eigenvalue weighted by Crippen LogP contribution is -2.23. The van der Waals surface area contributed by atoms with Crippen molar-refractivity contribution in [3.63, 3.8) is 0 Å². The Morgan fingerprint density at radius 1 is 1.21 bits per heavy atom. The van der Waals surface area contributed by atoms with E-state index >= 15 is 0 Å². The van der Waals surface area contributed by atoms with Crippen LogP contribution in [-0.4, -0.2) is 39.3 Å². The number of halogens is 2. The number of anilines is 1. The summed E-state index contributed by atoms with van der Waals surface area (Å²) in [4.78, 5) is 12.6. The molecular weight excluding hydrogens is 468 g/mol. The summed E-state index contributed by atoms with van der Waals surface area (Å²) >= 11 is 9.44. The average molecular weight is 490 g/mol. The Bertz CT molecular complexity index is 978. The zero-order chi connectivity index (χ0) is 21.1. The number of benzene rings is 2. The predicted molar refractivity (Wildman–Crippen MR) is 115 cm³/mol. The molecule has 1 N–H and O–H groups in total. The molecule has 0 fully saturated rings. The standard InChI is InChI=1S/C19H22BrClN2O4S/c1-12(2)11-27-17-8-6-14(10-16(17)21)22-19(24)13-5-7-15(20)18(9-13)28(25,26)23(3)4/h5-10,12H,11H2,1-4H3,(H,22,24). The summed E-state index contributed by atoms with van der Waals surface area (Å²) in [6, 6.07) is 9.35. The monoisotopic (exact) mass is 488 g/mol. The maximum absolute atomic E-state index is 12.6. The molecule has 2 rings (SSSR count). The smallest absolute Gasteiger partial charge is 0.255 e. The van der Waals surface area contributed by atoms with Gasteiger partial charge in [-0.05, 0) is 58.2 Å². The first kappa shape index (κ1) is 22.7. The van der Waals surface area contributed by atoms with Gasteiger partial charge >= 0.3 is 0 Å². The molecule has 0 heterocycles.